The molecular formula is C11H14O3. The van der Waals surface area contributed by atoms with Crippen LogP contribution in [-0.2, 0) is 14.3 Å². The number of benzene rings is 1. The summed E-state index contributed by atoms with van der Waals surface area (Å²) in [5.74, 6) is 0. The van der Waals surface area contributed by atoms with Crippen LogP contribution in [0, 0.1) is 6.92 Å². The molecule has 76 valence electrons. The first-order chi connectivity index (χ1) is 6.86. The lowest BCUT2D eigenvalue weighted by Crippen LogP contribution is -1.97. The van der Waals surface area contributed by atoms with Gasteiger partial charge < -0.3 is 14.3 Å². The van der Waals surface area contributed by atoms with Crippen molar-refractivity contribution in [3.63, 3.8) is 0 Å². The number of hydrogen-bond donors (Lipinski definition) is 0. The van der Waals surface area contributed by atoms with Gasteiger partial charge in [-0.05, 0) is 6.92 Å². The molecule has 0 aliphatic carbocycles. The van der Waals surface area contributed by atoms with E-state index in [0.717, 1.165) is 5.56 Å². The normalized spacial score (nSPS) is 16.1. The first-order valence-corrected chi connectivity index (χ1v) is 4.45. The van der Waals surface area contributed by atoms with Crippen molar-refractivity contribution in [2.24, 2.45) is 0 Å². The minimum Gasteiger partial charge on any atom is -0.346 e. The average Bonchev–Trinajstić information content (AvgIpc) is 2.75. The van der Waals surface area contributed by atoms with Crippen molar-refractivity contribution in [2.45, 2.75) is 13.2 Å². The van der Waals surface area contributed by atoms with Gasteiger partial charge in [-0.25, -0.2) is 0 Å². The molecule has 0 aromatic heterocycles. The minimum absolute atomic E-state index is 0.134. The third-order valence-corrected chi connectivity index (χ3v) is 1.97. The Morgan fingerprint density at radius 1 is 1.14 bits per heavy atom. The number of rotatable bonds is 1. The van der Waals surface area contributed by atoms with Gasteiger partial charge in [0.25, 0.3) is 0 Å². The zero-order valence-electron chi connectivity index (χ0n) is 8.23. The minimum atomic E-state index is -0.134. The Bertz CT molecular complexity index is 262. The van der Waals surface area contributed by atoms with Crippen LogP contribution in [0.4, 0.5) is 0 Å². The lowest BCUT2D eigenvalue weighted by atomic mass is 10.1. The molecule has 1 aromatic carbocycles. The van der Waals surface area contributed by atoms with Crippen molar-refractivity contribution in [3.8, 4) is 0 Å². The van der Waals surface area contributed by atoms with Crippen molar-refractivity contribution in [1.82, 2.24) is 0 Å². The first kappa shape index (κ1) is 10.9. The molecule has 1 heterocycles. The highest BCUT2D eigenvalue weighted by Gasteiger charge is 2.17. The molecule has 1 aliphatic rings. The SMILES string of the molecule is C=O.Cc1ccc(C2OCCO2)cc1. The van der Waals surface area contributed by atoms with Gasteiger partial charge in [0.15, 0.2) is 6.29 Å². The van der Waals surface area contributed by atoms with Crippen molar-refractivity contribution in [3.05, 3.63) is 35.4 Å². The van der Waals surface area contributed by atoms with E-state index in [2.05, 4.69) is 19.1 Å². The Kier molecular flexibility index (Phi) is 4.29. The van der Waals surface area contributed by atoms with Gasteiger partial charge in [0.05, 0.1) is 13.2 Å². The largest absolute Gasteiger partial charge is 0.346 e. The maximum absolute atomic E-state index is 8.00. The molecule has 0 N–H and O–H groups in total. The molecular weight excluding hydrogens is 180 g/mol. The van der Waals surface area contributed by atoms with Crippen LogP contribution in [0.2, 0.25) is 0 Å². The molecule has 1 aliphatic heterocycles. The number of ether oxygens (including phenoxy) is 2. The monoisotopic (exact) mass is 194 g/mol. The second-order valence-corrected chi connectivity index (χ2v) is 2.98. The maximum atomic E-state index is 8.00. The highest BCUT2D eigenvalue weighted by molar-refractivity contribution is 5.22. The second-order valence-electron chi connectivity index (χ2n) is 2.98. The lowest BCUT2D eigenvalue weighted by Gasteiger charge is -2.08. The van der Waals surface area contributed by atoms with E-state index in [-0.39, 0.29) is 6.29 Å². The molecule has 0 atom stereocenters. The van der Waals surface area contributed by atoms with Crippen molar-refractivity contribution < 1.29 is 14.3 Å². The summed E-state index contributed by atoms with van der Waals surface area (Å²) >= 11 is 0. The van der Waals surface area contributed by atoms with Gasteiger partial charge >= 0.3 is 0 Å². The Hall–Kier alpha value is -1.19. The fourth-order valence-corrected chi connectivity index (χ4v) is 1.27. The van der Waals surface area contributed by atoms with Gasteiger partial charge in [0, 0.05) is 5.56 Å². The number of hydrogen-bond acceptors (Lipinski definition) is 3. The standard InChI is InChI=1S/C10H12O2.CH2O/c1-8-2-4-9(5-3-8)10-11-6-7-12-10;1-2/h2-5,10H,6-7H2,1H3;1H2. The second kappa shape index (κ2) is 5.52. The van der Waals surface area contributed by atoms with Crippen molar-refractivity contribution in [2.75, 3.05) is 13.2 Å². The number of carbonyl (C=O) groups excluding carboxylic acids is 1. The highest BCUT2D eigenvalue weighted by Crippen LogP contribution is 2.22. The summed E-state index contributed by atoms with van der Waals surface area (Å²) in [4.78, 5) is 8.00. The predicted octanol–water partition coefficient (Wildman–Crippen LogP) is 1.86. The van der Waals surface area contributed by atoms with Crippen LogP contribution in [0.25, 0.3) is 0 Å². The van der Waals surface area contributed by atoms with E-state index in [1.54, 1.807) is 0 Å². The van der Waals surface area contributed by atoms with Crippen LogP contribution < -0.4 is 0 Å². The highest BCUT2D eigenvalue weighted by atomic mass is 16.7. The van der Waals surface area contributed by atoms with E-state index in [1.807, 2.05) is 18.9 Å². The number of carbonyl (C=O) groups is 1. The smallest absolute Gasteiger partial charge is 0.184 e. The summed E-state index contributed by atoms with van der Waals surface area (Å²) in [6.07, 6.45) is -0.134. The average molecular weight is 194 g/mol. The van der Waals surface area contributed by atoms with Crippen LogP contribution in [0.5, 0.6) is 0 Å². The third-order valence-electron chi connectivity index (χ3n) is 1.97. The molecule has 2 rings (SSSR count). The van der Waals surface area contributed by atoms with E-state index >= 15 is 0 Å². The molecule has 1 aromatic rings. The van der Waals surface area contributed by atoms with Crippen LogP contribution in [0.15, 0.2) is 24.3 Å². The summed E-state index contributed by atoms with van der Waals surface area (Å²) < 4.78 is 10.7. The van der Waals surface area contributed by atoms with Crippen LogP contribution >= 0.6 is 0 Å². The molecule has 0 bridgehead atoms. The van der Waals surface area contributed by atoms with E-state index in [1.165, 1.54) is 5.56 Å². The summed E-state index contributed by atoms with van der Waals surface area (Å²) in [7, 11) is 0. The molecule has 0 spiro atoms. The molecule has 1 saturated heterocycles. The molecule has 0 saturated carbocycles. The van der Waals surface area contributed by atoms with Crippen molar-refractivity contribution >= 4 is 6.79 Å². The molecule has 3 nitrogen and oxygen atoms in total. The van der Waals surface area contributed by atoms with Gasteiger partial charge in [-0.1, -0.05) is 29.8 Å². The van der Waals surface area contributed by atoms with E-state index in [9.17, 15) is 0 Å². The van der Waals surface area contributed by atoms with Gasteiger partial charge in [0.1, 0.15) is 6.79 Å². The van der Waals surface area contributed by atoms with Crippen molar-refractivity contribution in [1.29, 1.82) is 0 Å². The molecule has 3 heteroatoms. The predicted molar refractivity (Wildman–Crippen MR) is 52.9 cm³/mol. The Labute approximate surface area is 83.6 Å². The number of aryl methyl sites for hydroxylation is 1. The Balaban J connectivity index is 0.000000461. The zero-order valence-corrected chi connectivity index (χ0v) is 8.23. The summed E-state index contributed by atoms with van der Waals surface area (Å²) in [6, 6.07) is 8.23. The van der Waals surface area contributed by atoms with Crippen LogP contribution in [0.3, 0.4) is 0 Å². The summed E-state index contributed by atoms with van der Waals surface area (Å²) in [5.41, 5.74) is 2.37. The zero-order chi connectivity index (χ0) is 10.4. The van der Waals surface area contributed by atoms with Crippen LogP contribution in [-0.4, -0.2) is 20.0 Å². The van der Waals surface area contributed by atoms with Crippen LogP contribution in [0.1, 0.15) is 17.4 Å². The first-order valence-electron chi connectivity index (χ1n) is 4.45. The molecule has 0 unspecified atom stereocenters. The molecule has 1 fully saturated rings. The Morgan fingerprint density at radius 2 is 1.64 bits per heavy atom. The van der Waals surface area contributed by atoms with Gasteiger partial charge in [-0.3, -0.25) is 0 Å². The van der Waals surface area contributed by atoms with Gasteiger partial charge in [-0.2, -0.15) is 0 Å². The summed E-state index contributed by atoms with van der Waals surface area (Å²) in [5, 5.41) is 0. The third kappa shape index (κ3) is 2.65. The lowest BCUT2D eigenvalue weighted by molar-refractivity contribution is -0.0979. The fourth-order valence-electron chi connectivity index (χ4n) is 1.27. The van der Waals surface area contributed by atoms with E-state index < -0.39 is 0 Å². The quantitative estimate of drug-likeness (QED) is 0.684. The van der Waals surface area contributed by atoms with Gasteiger partial charge in [-0.15, -0.1) is 0 Å². The summed E-state index contributed by atoms with van der Waals surface area (Å²) in [6.45, 7) is 5.48. The Morgan fingerprint density at radius 3 is 2.14 bits per heavy atom. The topological polar surface area (TPSA) is 35.5 Å². The fraction of sp³-hybridized carbons (Fsp3) is 0.364. The van der Waals surface area contributed by atoms with E-state index in [4.69, 9.17) is 14.3 Å². The maximum Gasteiger partial charge on any atom is 0.184 e. The molecule has 0 amide bonds. The van der Waals surface area contributed by atoms with E-state index in [0.29, 0.717) is 13.2 Å². The molecule has 0 radical (unpaired) electrons. The van der Waals surface area contributed by atoms with Gasteiger partial charge in [0.2, 0.25) is 0 Å². The molecule has 14 heavy (non-hydrogen) atoms.